The van der Waals surface area contributed by atoms with Crippen molar-refractivity contribution in [3.8, 4) is 17.1 Å². The molecule has 0 saturated carbocycles. The quantitative estimate of drug-likeness (QED) is 0.735. The van der Waals surface area contributed by atoms with Crippen LogP contribution >= 0.6 is 11.8 Å². The number of thioether (sulfide) groups is 1. The van der Waals surface area contributed by atoms with Crippen LogP contribution in [0.15, 0.2) is 29.4 Å². The van der Waals surface area contributed by atoms with Crippen LogP contribution in [0.25, 0.3) is 11.4 Å². The van der Waals surface area contributed by atoms with Gasteiger partial charge in [0.1, 0.15) is 5.75 Å². The van der Waals surface area contributed by atoms with Crippen LogP contribution in [0.4, 0.5) is 4.79 Å². The lowest BCUT2D eigenvalue weighted by molar-refractivity contribution is -0.117. The van der Waals surface area contributed by atoms with Crippen molar-refractivity contribution >= 4 is 23.7 Å². The Morgan fingerprint density at radius 1 is 1.19 bits per heavy atom. The Kier molecular flexibility index (Phi) is 6.84. The molecule has 0 atom stereocenters. The Hall–Kier alpha value is -2.55. The van der Waals surface area contributed by atoms with Crippen LogP contribution in [0.2, 0.25) is 0 Å². The minimum absolute atomic E-state index is 0.0678. The molecule has 0 fully saturated rings. The number of urea groups is 1. The standard InChI is InChI=1S/C18H25N5O3S/c1-6-23-15(12-7-9-13(26-5)10-8-12)21-22-17(23)27-11-14(24)19-16(25)20-18(2,3)4/h7-10H,6,11H2,1-5H3,(H2,19,20,24,25). The van der Waals surface area contributed by atoms with Crippen LogP contribution in [-0.2, 0) is 11.3 Å². The van der Waals surface area contributed by atoms with Crippen molar-refractivity contribution in [3.63, 3.8) is 0 Å². The van der Waals surface area contributed by atoms with Gasteiger partial charge in [-0.15, -0.1) is 10.2 Å². The maximum Gasteiger partial charge on any atom is 0.321 e. The van der Waals surface area contributed by atoms with Crippen LogP contribution in [0.5, 0.6) is 5.75 Å². The van der Waals surface area contributed by atoms with Gasteiger partial charge in [0.15, 0.2) is 11.0 Å². The zero-order valence-corrected chi connectivity index (χ0v) is 17.0. The van der Waals surface area contributed by atoms with E-state index < -0.39 is 17.5 Å². The van der Waals surface area contributed by atoms with Gasteiger partial charge in [-0.3, -0.25) is 10.1 Å². The number of nitrogens with zero attached hydrogens (tertiary/aromatic N) is 3. The predicted octanol–water partition coefficient (Wildman–Crippen LogP) is 2.69. The molecule has 1 aromatic carbocycles. The highest BCUT2D eigenvalue weighted by Gasteiger charge is 2.18. The Morgan fingerprint density at radius 3 is 2.41 bits per heavy atom. The van der Waals surface area contributed by atoms with E-state index in [-0.39, 0.29) is 5.75 Å². The molecule has 0 radical (unpaired) electrons. The molecule has 1 aromatic heterocycles. The molecule has 0 saturated heterocycles. The minimum atomic E-state index is -0.510. The molecule has 0 aliphatic heterocycles. The molecular weight excluding hydrogens is 366 g/mol. The van der Waals surface area contributed by atoms with Gasteiger partial charge in [-0.1, -0.05) is 11.8 Å². The van der Waals surface area contributed by atoms with E-state index in [1.54, 1.807) is 7.11 Å². The van der Waals surface area contributed by atoms with Gasteiger partial charge in [-0.05, 0) is 52.0 Å². The number of rotatable bonds is 6. The SMILES string of the molecule is CCn1c(SCC(=O)NC(=O)NC(C)(C)C)nnc1-c1ccc(OC)cc1. The molecule has 0 unspecified atom stereocenters. The number of benzene rings is 1. The van der Waals surface area contributed by atoms with Crippen molar-refractivity contribution in [2.24, 2.45) is 0 Å². The maximum atomic E-state index is 12.0. The Morgan fingerprint density at radius 2 is 1.85 bits per heavy atom. The zero-order chi connectivity index (χ0) is 20.0. The molecule has 1 heterocycles. The van der Waals surface area contributed by atoms with Crippen LogP contribution in [0, 0.1) is 0 Å². The first-order valence-corrected chi connectivity index (χ1v) is 9.54. The molecule has 0 aliphatic rings. The number of carbonyl (C=O) groups is 2. The lowest BCUT2D eigenvalue weighted by Crippen LogP contribution is -2.48. The van der Waals surface area contributed by atoms with E-state index in [1.807, 2.05) is 56.5 Å². The fraction of sp³-hybridized carbons (Fsp3) is 0.444. The van der Waals surface area contributed by atoms with Gasteiger partial charge >= 0.3 is 6.03 Å². The topological polar surface area (TPSA) is 98.1 Å². The Balaban J connectivity index is 2.02. The summed E-state index contributed by atoms with van der Waals surface area (Å²) < 4.78 is 7.10. The summed E-state index contributed by atoms with van der Waals surface area (Å²) in [6, 6.07) is 7.03. The Labute approximate surface area is 163 Å². The van der Waals surface area contributed by atoms with E-state index in [4.69, 9.17) is 4.74 Å². The minimum Gasteiger partial charge on any atom is -0.497 e. The second-order valence-corrected chi connectivity index (χ2v) is 7.76. The second kappa shape index (κ2) is 8.90. The first-order valence-electron chi connectivity index (χ1n) is 8.56. The number of amides is 3. The molecule has 3 amide bonds. The summed E-state index contributed by atoms with van der Waals surface area (Å²) in [5, 5.41) is 14.0. The van der Waals surface area contributed by atoms with Crippen molar-refractivity contribution in [1.82, 2.24) is 25.4 Å². The number of hydrogen-bond acceptors (Lipinski definition) is 6. The van der Waals surface area contributed by atoms with E-state index in [2.05, 4.69) is 20.8 Å². The lowest BCUT2D eigenvalue weighted by atomic mass is 10.1. The molecule has 2 N–H and O–H groups in total. The Bertz CT molecular complexity index is 796. The van der Waals surface area contributed by atoms with E-state index >= 15 is 0 Å². The molecule has 27 heavy (non-hydrogen) atoms. The van der Waals surface area contributed by atoms with E-state index in [0.29, 0.717) is 17.5 Å². The van der Waals surface area contributed by atoms with Gasteiger partial charge in [0.2, 0.25) is 5.91 Å². The number of carbonyl (C=O) groups excluding carboxylic acids is 2. The summed E-state index contributed by atoms with van der Waals surface area (Å²) in [5.41, 5.74) is 0.499. The number of nitrogens with one attached hydrogen (secondary N) is 2. The first-order chi connectivity index (χ1) is 12.7. The third kappa shape index (κ3) is 5.99. The number of aromatic nitrogens is 3. The average molecular weight is 391 g/mol. The molecule has 8 nitrogen and oxygen atoms in total. The summed E-state index contributed by atoms with van der Waals surface area (Å²) in [6.45, 7) is 8.17. The first kappa shape index (κ1) is 20.8. The molecule has 146 valence electrons. The maximum absolute atomic E-state index is 12.0. The van der Waals surface area contributed by atoms with Gasteiger partial charge in [0.25, 0.3) is 0 Å². The highest BCUT2D eigenvalue weighted by Crippen LogP contribution is 2.25. The monoisotopic (exact) mass is 391 g/mol. The fourth-order valence-electron chi connectivity index (χ4n) is 2.30. The van der Waals surface area contributed by atoms with Gasteiger partial charge < -0.3 is 14.6 Å². The summed E-state index contributed by atoms with van der Waals surface area (Å²) in [4.78, 5) is 23.7. The molecule has 0 aliphatic carbocycles. The predicted molar refractivity (Wildman–Crippen MR) is 105 cm³/mol. The van der Waals surface area contributed by atoms with Crippen LogP contribution < -0.4 is 15.4 Å². The smallest absolute Gasteiger partial charge is 0.321 e. The van der Waals surface area contributed by atoms with Gasteiger partial charge in [0.05, 0.1) is 12.9 Å². The van der Waals surface area contributed by atoms with Crippen molar-refractivity contribution in [2.75, 3.05) is 12.9 Å². The van der Waals surface area contributed by atoms with E-state index in [1.165, 1.54) is 11.8 Å². The average Bonchev–Trinajstić information content (AvgIpc) is 3.01. The third-order valence-electron chi connectivity index (χ3n) is 3.46. The van der Waals surface area contributed by atoms with Crippen molar-refractivity contribution in [2.45, 2.75) is 44.9 Å². The molecule has 2 rings (SSSR count). The van der Waals surface area contributed by atoms with Crippen LogP contribution in [0.3, 0.4) is 0 Å². The highest BCUT2D eigenvalue weighted by atomic mass is 32.2. The van der Waals surface area contributed by atoms with Crippen molar-refractivity contribution in [3.05, 3.63) is 24.3 Å². The van der Waals surface area contributed by atoms with E-state index in [0.717, 1.165) is 11.3 Å². The second-order valence-electron chi connectivity index (χ2n) is 6.82. The largest absolute Gasteiger partial charge is 0.497 e. The number of hydrogen-bond donors (Lipinski definition) is 2. The van der Waals surface area contributed by atoms with Crippen LogP contribution in [-0.4, -0.2) is 45.1 Å². The molecule has 0 bridgehead atoms. The number of imide groups is 1. The number of methoxy groups -OCH3 is 1. The van der Waals surface area contributed by atoms with E-state index in [9.17, 15) is 9.59 Å². The van der Waals surface area contributed by atoms with Gasteiger partial charge in [-0.2, -0.15) is 0 Å². The highest BCUT2D eigenvalue weighted by molar-refractivity contribution is 7.99. The third-order valence-corrected chi connectivity index (χ3v) is 4.42. The van der Waals surface area contributed by atoms with Gasteiger partial charge in [-0.25, -0.2) is 4.79 Å². The summed E-state index contributed by atoms with van der Waals surface area (Å²) in [5.74, 6) is 1.16. The van der Waals surface area contributed by atoms with Gasteiger partial charge in [0, 0.05) is 17.6 Å². The molecular formula is C18H25N5O3S. The summed E-state index contributed by atoms with van der Waals surface area (Å²) >= 11 is 1.24. The van der Waals surface area contributed by atoms with Crippen molar-refractivity contribution in [1.29, 1.82) is 0 Å². The molecule has 2 aromatic rings. The summed E-state index contributed by atoms with van der Waals surface area (Å²) in [6.07, 6.45) is 0. The number of ether oxygens (including phenoxy) is 1. The summed E-state index contributed by atoms with van der Waals surface area (Å²) in [7, 11) is 1.62. The lowest BCUT2D eigenvalue weighted by Gasteiger charge is -2.20. The normalized spacial score (nSPS) is 11.1. The molecule has 0 spiro atoms. The molecule has 9 heteroatoms. The fourth-order valence-corrected chi connectivity index (χ4v) is 3.10. The zero-order valence-electron chi connectivity index (χ0n) is 16.2. The van der Waals surface area contributed by atoms with Crippen molar-refractivity contribution < 1.29 is 14.3 Å². The van der Waals surface area contributed by atoms with Crippen LogP contribution in [0.1, 0.15) is 27.7 Å².